The average molecular weight is 316 g/mol. The van der Waals surface area contributed by atoms with E-state index in [9.17, 15) is 9.59 Å². The molecule has 0 fully saturated rings. The molecule has 1 amide bonds. The van der Waals surface area contributed by atoms with Crippen LogP contribution in [0.1, 0.15) is 15.4 Å². The number of rotatable bonds is 6. The van der Waals surface area contributed by atoms with Crippen molar-refractivity contribution < 1.29 is 14.7 Å². The molecule has 1 heterocycles. The fraction of sp³-hybridized carbons (Fsp3) is 0.188. The summed E-state index contributed by atoms with van der Waals surface area (Å²) in [6.45, 7) is 1.81. The van der Waals surface area contributed by atoms with Crippen molar-refractivity contribution in [1.82, 2.24) is 9.88 Å². The molecule has 0 bridgehead atoms. The summed E-state index contributed by atoms with van der Waals surface area (Å²) in [5, 5.41) is 9.89. The lowest BCUT2D eigenvalue weighted by Crippen LogP contribution is -2.33. The highest BCUT2D eigenvalue weighted by atomic mass is 32.1. The summed E-state index contributed by atoms with van der Waals surface area (Å²) in [6.07, 6.45) is 4.73. The van der Waals surface area contributed by atoms with Crippen molar-refractivity contribution in [3.63, 3.8) is 0 Å². The summed E-state index contributed by atoms with van der Waals surface area (Å²) >= 11 is 1.47. The highest BCUT2D eigenvalue weighted by Crippen LogP contribution is 2.13. The second-order valence-electron chi connectivity index (χ2n) is 4.69. The number of amides is 1. The van der Waals surface area contributed by atoms with Gasteiger partial charge in [0, 0.05) is 23.7 Å². The van der Waals surface area contributed by atoms with E-state index < -0.39 is 5.97 Å². The van der Waals surface area contributed by atoms with E-state index in [4.69, 9.17) is 5.11 Å². The molecule has 0 unspecified atom stereocenters. The van der Waals surface area contributed by atoms with Crippen molar-refractivity contribution in [3.05, 3.63) is 58.1 Å². The minimum Gasteiger partial charge on any atom is -0.480 e. The zero-order valence-corrected chi connectivity index (χ0v) is 12.9. The standard InChI is InChI=1S/C16H16N2O3S/c1-12-17-9-14(22-12)7-8-15(19)18(11-16(20)21)10-13-5-3-2-4-6-13/h2-9H,10-11H2,1H3,(H,20,21)/b8-7+. The number of carboxylic acids is 1. The highest BCUT2D eigenvalue weighted by molar-refractivity contribution is 7.12. The third-order valence-corrected chi connectivity index (χ3v) is 3.76. The highest BCUT2D eigenvalue weighted by Gasteiger charge is 2.14. The van der Waals surface area contributed by atoms with Crippen LogP contribution in [0.2, 0.25) is 0 Å². The van der Waals surface area contributed by atoms with Gasteiger partial charge in [0.15, 0.2) is 0 Å². The van der Waals surface area contributed by atoms with Crippen LogP contribution in [-0.4, -0.2) is 33.4 Å². The predicted octanol–water partition coefficient (Wildman–Crippen LogP) is 2.58. The molecule has 1 aromatic heterocycles. The molecule has 2 rings (SSSR count). The first-order chi connectivity index (χ1) is 10.5. The maximum Gasteiger partial charge on any atom is 0.323 e. The monoisotopic (exact) mass is 316 g/mol. The van der Waals surface area contributed by atoms with Crippen LogP contribution in [-0.2, 0) is 16.1 Å². The van der Waals surface area contributed by atoms with E-state index in [1.165, 1.54) is 22.3 Å². The zero-order chi connectivity index (χ0) is 15.9. The molecule has 22 heavy (non-hydrogen) atoms. The van der Waals surface area contributed by atoms with E-state index in [-0.39, 0.29) is 19.0 Å². The van der Waals surface area contributed by atoms with Crippen molar-refractivity contribution in [1.29, 1.82) is 0 Å². The number of benzene rings is 1. The van der Waals surface area contributed by atoms with Gasteiger partial charge in [-0.2, -0.15) is 0 Å². The number of aryl methyl sites for hydroxylation is 1. The molecule has 0 atom stereocenters. The van der Waals surface area contributed by atoms with Gasteiger partial charge in [-0.05, 0) is 18.6 Å². The van der Waals surface area contributed by atoms with Crippen LogP contribution in [0, 0.1) is 6.92 Å². The smallest absolute Gasteiger partial charge is 0.323 e. The van der Waals surface area contributed by atoms with Gasteiger partial charge in [-0.3, -0.25) is 9.59 Å². The first-order valence-corrected chi connectivity index (χ1v) is 7.51. The summed E-state index contributed by atoms with van der Waals surface area (Å²) < 4.78 is 0. The van der Waals surface area contributed by atoms with E-state index in [0.717, 1.165) is 15.4 Å². The Labute approximate surface area is 132 Å². The molecule has 0 spiro atoms. The topological polar surface area (TPSA) is 70.5 Å². The molecular formula is C16H16N2O3S. The Morgan fingerprint density at radius 3 is 2.64 bits per heavy atom. The molecule has 1 aromatic carbocycles. The molecule has 2 aromatic rings. The lowest BCUT2D eigenvalue weighted by atomic mass is 10.2. The fourth-order valence-electron chi connectivity index (χ4n) is 1.89. The molecule has 6 heteroatoms. The lowest BCUT2D eigenvalue weighted by molar-refractivity contribution is -0.143. The number of hydrogen-bond acceptors (Lipinski definition) is 4. The number of nitrogens with zero attached hydrogens (tertiary/aromatic N) is 2. The van der Waals surface area contributed by atoms with Gasteiger partial charge >= 0.3 is 5.97 Å². The summed E-state index contributed by atoms with van der Waals surface area (Å²) in [5.41, 5.74) is 0.888. The lowest BCUT2D eigenvalue weighted by Gasteiger charge is -2.19. The molecule has 0 radical (unpaired) electrons. The minimum atomic E-state index is -1.04. The van der Waals surface area contributed by atoms with Crippen molar-refractivity contribution in [2.45, 2.75) is 13.5 Å². The van der Waals surface area contributed by atoms with E-state index >= 15 is 0 Å². The van der Waals surface area contributed by atoms with Crippen LogP contribution in [0.15, 0.2) is 42.6 Å². The maximum absolute atomic E-state index is 12.2. The van der Waals surface area contributed by atoms with Gasteiger partial charge in [0.2, 0.25) is 5.91 Å². The summed E-state index contributed by atoms with van der Waals surface area (Å²) in [6, 6.07) is 9.30. The van der Waals surface area contributed by atoms with Gasteiger partial charge in [0.1, 0.15) is 6.54 Å². The number of aromatic nitrogens is 1. The summed E-state index contributed by atoms with van der Waals surface area (Å²) in [7, 11) is 0. The first-order valence-electron chi connectivity index (χ1n) is 6.70. The Morgan fingerprint density at radius 2 is 2.05 bits per heavy atom. The van der Waals surface area contributed by atoms with Gasteiger partial charge in [-0.1, -0.05) is 30.3 Å². The molecular weight excluding hydrogens is 300 g/mol. The molecule has 0 saturated carbocycles. The van der Waals surface area contributed by atoms with E-state index in [0.29, 0.717) is 0 Å². The van der Waals surface area contributed by atoms with Crippen LogP contribution in [0.3, 0.4) is 0 Å². The molecule has 0 saturated heterocycles. The van der Waals surface area contributed by atoms with Crippen LogP contribution in [0.25, 0.3) is 6.08 Å². The Morgan fingerprint density at radius 1 is 1.32 bits per heavy atom. The SMILES string of the molecule is Cc1ncc(/C=C/C(=O)N(CC(=O)O)Cc2ccccc2)s1. The molecule has 0 aliphatic rings. The van der Waals surface area contributed by atoms with Gasteiger partial charge in [0.05, 0.1) is 5.01 Å². The van der Waals surface area contributed by atoms with Gasteiger partial charge in [-0.15, -0.1) is 11.3 Å². The Bertz CT molecular complexity index is 680. The second kappa shape index (κ2) is 7.51. The number of carboxylic acid groups (broad SMARTS) is 1. The third-order valence-electron chi connectivity index (χ3n) is 2.88. The van der Waals surface area contributed by atoms with Gasteiger partial charge in [0.25, 0.3) is 0 Å². The van der Waals surface area contributed by atoms with Crippen LogP contribution < -0.4 is 0 Å². The summed E-state index contributed by atoms with van der Waals surface area (Å²) in [4.78, 5) is 29.4. The van der Waals surface area contributed by atoms with Gasteiger partial charge in [-0.25, -0.2) is 4.98 Å². The Balaban J connectivity index is 2.08. The predicted molar refractivity (Wildman–Crippen MR) is 85.4 cm³/mol. The zero-order valence-electron chi connectivity index (χ0n) is 12.1. The second-order valence-corrected chi connectivity index (χ2v) is 5.95. The normalized spacial score (nSPS) is 10.8. The number of carbonyl (C=O) groups is 2. The number of carbonyl (C=O) groups excluding carboxylic acids is 1. The van der Waals surface area contributed by atoms with Crippen LogP contribution >= 0.6 is 11.3 Å². The maximum atomic E-state index is 12.2. The number of hydrogen-bond donors (Lipinski definition) is 1. The van der Waals surface area contributed by atoms with Gasteiger partial charge < -0.3 is 10.0 Å². The van der Waals surface area contributed by atoms with Crippen LogP contribution in [0.5, 0.6) is 0 Å². The Hall–Kier alpha value is -2.47. The molecule has 5 nitrogen and oxygen atoms in total. The van der Waals surface area contributed by atoms with Crippen molar-refractivity contribution in [2.24, 2.45) is 0 Å². The van der Waals surface area contributed by atoms with E-state index in [1.54, 1.807) is 12.3 Å². The molecule has 0 aliphatic heterocycles. The molecule has 114 valence electrons. The fourth-order valence-corrected chi connectivity index (χ4v) is 2.58. The first kappa shape index (κ1) is 15.9. The average Bonchev–Trinajstić information content (AvgIpc) is 2.90. The van der Waals surface area contributed by atoms with E-state index in [2.05, 4.69) is 4.98 Å². The Kier molecular flexibility index (Phi) is 5.43. The molecule has 1 N–H and O–H groups in total. The number of thiazole rings is 1. The minimum absolute atomic E-state index is 0.262. The summed E-state index contributed by atoms with van der Waals surface area (Å²) in [5.74, 6) is -1.37. The quantitative estimate of drug-likeness (QED) is 0.832. The van der Waals surface area contributed by atoms with Crippen LogP contribution in [0.4, 0.5) is 0 Å². The van der Waals surface area contributed by atoms with Crippen molar-refractivity contribution >= 4 is 29.3 Å². The van der Waals surface area contributed by atoms with Crippen molar-refractivity contribution in [2.75, 3.05) is 6.54 Å². The largest absolute Gasteiger partial charge is 0.480 e. The molecule has 0 aliphatic carbocycles. The van der Waals surface area contributed by atoms with Crippen molar-refractivity contribution in [3.8, 4) is 0 Å². The number of aliphatic carboxylic acids is 1. The van der Waals surface area contributed by atoms with E-state index in [1.807, 2.05) is 37.3 Å². The third kappa shape index (κ3) is 4.82.